The van der Waals surface area contributed by atoms with E-state index in [1.807, 2.05) is 6.08 Å². The van der Waals surface area contributed by atoms with E-state index in [2.05, 4.69) is 10.2 Å². The second-order valence-electron chi connectivity index (χ2n) is 2.97. The Morgan fingerprint density at radius 2 is 2.21 bits per heavy atom. The van der Waals surface area contributed by atoms with E-state index >= 15 is 0 Å². The minimum Gasteiger partial charge on any atom is -0.478 e. The molecule has 0 bridgehead atoms. The Kier molecular flexibility index (Phi) is 2.10. The second-order valence-corrected chi connectivity index (χ2v) is 2.97. The van der Waals surface area contributed by atoms with Crippen LogP contribution in [-0.2, 0) is 4.79 Å². The lowest BCUT2D eigenvalue weighted by molar-refractivity contribution is -0.132. The van der Waals surface area contributed by atoms with Crippen molar-refractivity contribution in [2.24, 2.45) is 10.2 Å². The van der Waals surface area contributed by atoms with Gasteiger partial charge >= 0.3 is 5.97 Å². The van der Waals surface area contributed by atoms with E-state index in [1.54, 1.807) is 24.4 Å². The predicted molar refractivity (Wildman–Crippen MR) is 50.5 cm³/mol. The molecule has 0 saturated heterocycles. The van der Waals surface area contributed by atoms with Crippen molar-refractivity contribution in [2.45, 2.75) is 6.42 Å². The molecule has 1 heterocycles. The minimum atomic E-state index is -0.883. The Morgan fingerprint density at radius 3 is 3.00 bits per heavy atom. The van der Waals surface area contributed by atoms with Gasteiger partial charge in [0.15, 0.2) is 0 Å². The number of hydrogen-bond donors (Lipinski definition) is 1. The summed E-state index contributed by atoms with van der Waals surface area (Å²) in [7, 11) is 0. The third-order valence-corrected chi connectivity index (χ3v) is 2.04. The molecule has 0 unspecified atom stereocenters. The molecule has 0 radical (unpaired) electrons. The number of hydrogen-bond acceptors (Lipinski definition) is 3. The molecule has 0 fully saturated rings. The molecule has 70 valence electrons. The molecular weight excluding hydrogens is 180 g/mol. The zero-order valence-electron chi connectivity index (χ0n) is 7.34. The summed E-state index contributed by atoms with van der Waals surface area (Å²) in [6.07, 6.45) is 8.82. The molecule has 1 aliphatic carbocycles. The first kappa shape index (κ1) is 8.62. The summed E-state index contributed by atoms with van der Waals surface area (Å²) in [6, 6.07) is 0. The van der Waals surface area contributed by atoms with Crippen LogP contribution in [0, 0.1) is 0 Å². The molecule has 1 N–H and O–H groups in total. The highest BCUT2D eigenvalue weighted by molar-refractivity contribution is 5.88. The molecule has 2 rings (SSSR count). The van der Waals surface area contributed by atoms with E-state index in [0.717, 1.165) is 11.3 Å². The third kappa shape index (κ3) is 1.54. The smallest absolute Gasteiger partial charge is 0.331 e. The molecule has 14 heavy (non-hydrogen) atoms. The number of carboxylic acid groups (broad SMARTS) is 1. The van der Waals surface area contributed by atoms with Crippen molar-refractivity contribution in [2.75, 3.05) is 0 Å². The summed E-state index contributed by atoms with van der Waals surface area (Å²) in [5.41, 5.74) is 2.01. The number of rotatable bonds is 1. The molecule has 4 nitrogen and oxygen atoms in total. The van der Waals surface area contributed by atoms with Crippen LogP contribution in [0.3, 0.4) is 0 Å². The van der Waals surface area contributed by atoms with Gasteiger partial charge in [0.05, 0.1) is 5.70 Å². The monoisotopic (exact) mass is 188 g/mol. The Morgan fingerprint density at radius 1 is 1.36 bits per heavy atom. The van der Waals surface area contributed by atoms with E-state index in [1.165, 1.54) is 0 Å². The molecule has 4 heteroatoms. The van der Waals surface area contributed by atoms with Crippen molar-refractivity contribution in [1.82, 2.24) is 0 Å². The Labute approximate surface area is 80.7 Å². The van der Waals surface area contributed by atoms with Crippen LogP contribution in [-0.4, -0.2) is 11.1 Å². The van der Waals surface area contributed by atoms with Crippen LogP contribution >= 0.6 is 0 Å². The van der Waals surface area contributed by atoms with E-state index in [-0.39, 0.29) is 0 Å². The van der Waals surface area contributed by atoms with Gasteiger partial charge in [0.25, 0.3) is 0 Å². The molecule has 2 aliphatic rings. The molecule has 0 aromatic carbocycles. The van der Waals surface area contributed by atoms with Crippen LogP contribution in [0.4, 0.5) is 0 Å². The molecule has 0 atom stereocenters. The number of allylic oxidation sites excluding steroid dienone is 5. The fourth-order valence-electron chi connectivity index (χ4n) is 1.32. The van der Waals surface area contributed by atoms with E-state index in [0.29, 0.717) is 12.0 Å². The van der Waals surface area contributed by atoms with Crippen LogP contribution in [0.1, 0.15) is 6.42 Å². The van der Waals surface area contributed by atoms with Crippen molar-refractivity contribution in [3.8, 4) is 0 Å². The average molecular weight is 188 g/mol. The minimum absolute atomic E-state index is 0.380. The van der Waals surface area contributed by atoms with Crippen molar-refractivity contribution in [1.29, 1.82) is 0 Å². The van der Waals surface area contributed by atoms with E-state index in [4.69, 9.17) is 5.11 Å². The summed E-state index contributed by atoms with van der Waals surface area (Å²) < 4.78 is 0. The highest BCUT2D eigenvalue weighted by atomic mass is 16.4. The maximum atomic E-state index is 10.7. The van der Waals surface area contributed by atoms with Crippen LogP contribution in [0.15, 0.2) is 57.6 Å². The van der Waals surface area contributed by atoms with Gasteiger partial charge in [-0.25, -0.2) is 4.79 Å². The zero-order chi connectivity index (χ0) is 9.97. The highest BCUT2D eigenvalue weighted by Gasteiger charge is 2.16. The normalized spacial score (nSPS) is 19.0. The Bertz CT molecular complexity index is 425. The Balaban J connectivity index is 2.38. The first-order valence-electron chi connectivity index (χ1n) is 4.18. The van der Waals surface area contributed by atoms with Gasteiger partial charge < -0.3 is 5.11 Å². The fourth-order valence-corrected chi connectivity index (χ4v) is 1.32. The van der Waals surface area contributed by atoms with Crippen LogP contribution < -0.4 is 0 Å². The summed E-state index contributed by atoms with van der Waals surface area (Å²) in [5.74, 6) is -0.883. The van der Waals surface area contributed by atoms with Gasteiger partial charge in [0.2, 0.25) is 0 Å². The summed E-state index contributed by atoms with van der Waals surface area (Å²) in [5, 5.41) is 16.5. The lowest BCUT2D eigenvalue weighted by atomic mass is 9.97. The molecule has 0 aromatic heterocycles. The number of azo groups is 1. The van der Waals surface area contributed by atoms with E-state index in [9.17, 15) is 4.79 Å². The summed E-state index contributed by atoms with van der Waals surface area (Å²) in [4.78, 5) is 10.7. The SMILES string of the molecule is O=C(O)C1=CC=C2N=NC=CC=C2C1. The van der Waals surface area contributed by atoms with Crippen molar-refractivity contribution < 1.29 is 9.90 Å². The molecule has 0 aromatic rings. The maximum Gasteiger partial charge on any atom is 0.331 e. The molecule has 0 saturated carbocycles. The van der Waals surface area contributed by atoms with Crippen molar-refractivity contribution in [3.63, 3.8) is 0 Å². The van der Waals surface area contributed by atoms with E-state index < -0.39 is 5.97 Å². The predicted octanol–water partition coefficient (Wildman–Crippen LogP) is 2.19. The largest absolute Gasteiger partial charge is 0.478 e. The third-order valence-electron chi connectivity index (χ3n) is 2.04. The van der Waals surface area contributed by atoms with Crippen molar-refractivity contribution >= 4 is 5.97 Å². The second kappa shape index (κ2) is 3.41. The zero-order valence-corrected chi connectivity index (χ0v) is 7.34. The molecule has 1 aliphatic heterocycles. The first-order chi connectivity index (χ1) is 6.77. The van der Waals surface area contributed by atoms with Crippen LogP contribution in [0.25, 0.3) is 0 Å². The number of carboxylic acids is 1. The number of carbonyl (C=O) groups is 1. The average Bonchev–Trinajstić information content (AvgIpc) is 2.41. The van der Waals surface area contributed by atoms with Crippen molar-refractivity contribution in [3.05, 3.63) is 47.3 Å². The van der Waals surface area contributed by atoms with Gasteiger partial charge in [0.1, 0.15) is 0 Å². The van der Waals surface area contributed by atoms with Crippen LogP contribution in [0.5, 0.6) is 0 Å². The van der Waals surface area contributed by atoms with Gasteiger partial charge in [-0.1, -0.05) is 6.08 Å². The van der Waals surface area contributed by atoms with Gasteiger partial charge in [-0.3, -0.25) is 0 Å². The highest BCUT2D eigenvalue weighted by Crippen LogP contribution is 2.27. The standard InChI is InChI=1S/C10H8N2O2/c13-10(14)8-3-4-9-7(6-8)2-1-5-11-12-9/h1-5H,6H2,(H,13,14). The number of nitrogens with zero attached hydrogens (tertiary/aromatic N) is 2. The molecular formula is C10H8N2O2. The topological polar surface area (TPSA) is 62.0 Å². The van der Waals surface area contributed by atoms with Gasteiger partial charge in [-0.05, 0) is 23.8 Å². The van der Waals surface area contributed by atoms with Crippen LogP contribution in [0.2, 0.25) is 0 Å². The lowest BCUT2D eigenvalue weighted by Gasteiger charge is -2.10. The maximum absolute atomic E-state index is 10.7. The van der Waals surface area contributed by atoms with Gasteiger partial charge in [-0.2, -0.15) is 10.2 Å². The quantitative estimate of drug-likeness (QED) is 0.685. The molecule has 0 spiro atoms. The van der Waals surface area contributed by atoms with Gasteiger partial charge in [-0.15, -0.1) is 0 Å². The lowest BCUT2D eigenvalue weighted by Crippen LogP contribution is -2.05. The van der Waals surface area contributed by atoms with Gasteiger partial charge in [0, 0.05) is 18.2 Å². The summed E-state index contributed by atoms with van der Waals surface area (Å²) in [6.45, 7) is 0. The number of aliphatic carboxylic acids is 1. The first-order valence-corrected chi connectivity index (χ1v) is 4.18. The fraction of sp³-hybridized carbons (Fsp3) is 0.100. The molecule has 0 amide bonds. The Hall–Kier alpha value is -1.97. The number of fused-ring (bicyclic) bond motifs is 1. The summed E-state index contributed by atoms with van der Waals surface area (Å²) >= 11 is 0.